The number of benzene rings is 2. The number of oxazole rings is 1. The first-order valence-electron chi connectivity index (χ1n) is 10.7. The quantitative estimate of drug-likeness (QED) is 0.421. The largest absolute Gasteiger partial charge is 0.443 e. The summed E-state index contributed by atoms with van der Waals surface area (Å²) in [5.74, 6) is 0.873. The predicted molar refractivity (Wildman–Crippen MR) is 115 cm³/mol. The second-order valence-corrected chi connectivity index (χ2v) is 7.92. The maximum absolute atomic E-state index is 13.2. The number of hydrogen-bond acceptors (Lipinski definition) is 5. The molecule has 0 bridgehead atoms. The van der Waals surface area contributed by atoms with Crippen molar-refractivity contribution in [2.24, 2.45) is 0 Å². The van der Waals surface area contributed by atoms with Gasteiger partial charge in [-0.2, -0.15) is 0 Å². The molecule has 0 spiro atoms. The first kappa shape index (κ1) is 20.2. The Hall–Kier alpha value is -3.74. The van der Waals surface area contributed by atoms with E-state index in [0.29, 0.717) is 30.1 Å². The van der Waals surface area contributed by atoms with Gasteiger partial charge in [0, 0.05) is 24.6 Å². The van der Waals surface area contributed by atoms with Crippen LogP contribution in [0.25, 0.3) is 11.3 Å². The van der Waals surface area contributed by atoms with Crippen molar-refractivity contribution in [3.05, 3.63) is 95.7 Å². The molecule has 0 aliphatic carbocycles. The minimum absolute atomic E-state index is 0.146. The third-order valence-electron chi connectivity index (χ3n) is 5.70. The summed E-state index contributed by atoms with van der Waals surface area (Å²) in [6.45, 7) is 0.590. The van der Waals surface area contributed by atoms with Gasteiger partial charge in [-0.05, 0) is 49.1 Å². The number of rotatable bonds is 5. The van der Waals surface area contributed by atoms with E-state index >= 15 is 0 Å². The van der Waals surface area contributed by atoms with E-state index in [2.05, 4.69) is 10.1 Å². The zero-order chi connectivity index (χ0) is 21.9. The average Bonchev–Trinajstić information content (AvgIpc) is 3.50. The van der Waals surface area contributed by atoms with Crippen LogP contribution in [0.4, 0.5) is 4.39 Å². The smallest absolute Gasteiger partial charge is 0.293 e. The van der Waals surface area contributed by atoms with Crippen molar-refractivity contribution in [2.45, 2.75) is 31.7 Å². The van der Waals surface area contributed by atoms with E-state index in [0.717, 1.165) is 30.6 Å². The SMILES string of the molecule is O=C(c1cc(-c2ccc(F)cc2)no1)N1CCCCC1c1ncc(Cc2ccccc2)o1. The molecule has 7 heteroatoms. The monoisotopic (exact) mass is 431 g/mol. The molecular weight excluding hydrogens is 409 g/mol. The Balaban J connectivity index is 1.35. The van der Waals surface area contributed by atoms with E-state index in [1.807, 2.05) is 30.3 Å². The second-order valence-electron chi connectivity index (χ2n) is 7.92. The molecule has 0 N–H and O–H groups in total. The van der Waals surface area contributed by atoms with E-state index in [1.54, 1.807) is 29.3 Å². The third kappa shape index (κ3) is 4.19. The molecule has 1 aliphatic heterocycles. The zero-order valence-corrected chi connectivity index (χ0v) is 17.4. The van der Waals surface area contributed by atoms with E-state index in [9.17, 15) is 9.18 Å². The van der Waals surface area contributed by atoms with Crippen molar-refractivity contribution >= 4 is 5.91 Å². The highest BCUT2D eigenvalue weighted by Gasteiger charge is 2.33. The first-order valence-corrected chi connectivity index (χ1v) is 10.7. The Morgan fingerprint density at radius 2 is 1.91 bits per heavy atom. The molecule has 32 heavy (non-hydrogen) atoms. The third-order valence-corrected chi connectivity index (χ3v) is 5.70. The van der Waals surface area contributed by atoms with E-state index in [4.69, 9.17) is 8.94 Å². The van der Waals surface area contributed by atoms with Crippen LogP contribution in [-0.4, -0.2) is 27.5 Å². The Morgan fingerprint density at radius 1 is 1.09 bits per heavy atom. The number of aromatic nitrogens is 2. The number of carbonyl (C=O) groups is 1. The van der Waals surface area contributed by atoms with E-state index < -0.39 is 0 Å². The molecule has 3 heterocycles. The van der Waals surface area contributed by atoms with E-state index in [-0.39, 0.29) is 23.5 Å². The van der Waals surface area contributed by atoms with Gasteiger partial charge in [0.05, 0.1) is 6.20 Å². The molecule has 2 aromatic heterocycles. The molecule has 2 aromatic carbocycles. The van der Waals surface area contributed by atoms with Gasteiger partial charge in [-0.15, -0.1) is 0 Å². The molecule has 1 unspecified atom stereocenters. The Bertz CT molecular complexity index is 1200. The normalized spacial score (nSPS) is 16.3. The highest BCUT2D eigenvalue weighted by Crippen LogP contribution is 2.33. The molecule has 162 valence electrons. The summed E-state index contributed by atoms with van der Waals surface area (Å²) in [7, 11) is 0. The summed E-state index contributed by atoms with van der Waals surface area (Å²) in [5.41, 5.74) is 2.31. The van der Waals surface area contributed by atoms with Crippen LogP contribution >= 0.6 is 0 Å². The molecule has 1 amide bonds. The predicted octanol–water partition coefficient (Wildman–Crippen LogP) is 5.43. The molecule has 1 fully saturated rings. The summed E-state index contributed by atoms with van der Waals surface area (Å²) >= 11 is 0. The number of likely N-dealkylation sites (tertiary alicyclic amines) is 1. The van der Waals surface area contributed by atoms with Gasteiger partial charge < -0.3 is 13.8 Å². The lowest BCUT2D eigenvalue weighted by Gasteiger charge is -2.32. The summed E-state index contributed by atoms with van der Waals surface area (Å²) < 4.78 is 24.6. The van der Waals surface area contributed by atoms with Crippen LogP contribution in [0, 0.1) is 5.82 Å². The molecule has 0 saturated carbocycles. The Morgan fingerprint density at radius 3 is 2.72 bits per heavy atom. The fourth-order valence-corrected chi connectivity index (χ4v) is 4.06. The van der Waals surface area contributed by atoms with Gasteiger partial charge in [0.2, 0.25) is 11.7 Å². The van der Waals surface area contributed by atoms with Crippen LogP contribution in [0.5, 0.6) is 0 Å². The maximum atomic E-state index is 13.2. The number of carbonyl (C=O) groups excluding carboxylic acids is 1. The van der Waals surface area contributed by atoms with E-state index in [1.165, 1.54) is 12.1 Å². The highest BCUT2D eigenvalue weighted by molar-refractivity contribution is 5.92. The Labute approximate surface area is 184 Å². The van der Waals surface area contributed by atoms with Crippen molar-refractivity contribution in [3.8, 4) is 11.3 Å². The van der Waals surface area contributed by atoms with Gasteiger partial charge in [-0.25, -0.2) is 9.37 Å². The molecule has 1 atom stereocenters. The molecule has 0 radical (unpaired) electrons. The number of hydrogen-bond donors (Lipinski definition) is 0. The van der Waals surface area contributed by atoms with Gasteiger partial charge in [0.1, 0.15) is 23.3 Å². The number of piperidine rings is 1. The maximum Gasteiger partial charge on any atom is 0.293 e. The van der Waals surface area contributed by atoms with Crippen molar-refractivity contribution in [2.75, 3.05) is 6.54 Å². The molecule has 6 nitrogen and oxygen atoms in total. The van der Waals surface area contributed by atoms with Crippen LogP contribution in [0.1, 0.15) is 53.1 Å². The number of halogens is 1. The van der Waals surface area contributed by atoms with Crippen LogP contribution in [0.15, 0.2) is 75.8 Å². The highest BCUT2D eigenvalue weighted by atomic mass is 19.1. The lowest BCUT2D eigenvalue weighted by atomic mass is 10.0. The number of nitrogens with zero attached hydrogens (tertiary/aromatic N) is 3. The van der Waals surface area contributed by atoms with Crippen molar-refractivity contribution in [3.63, 3.8) is 0 Å². The van der Waals surface area contributed by atoms with Gasteiger partial charge >= 0.3 is 0 Å². The topological polar surface area (TPSA) is 72.4 Å². The minimum Gasteiger partial charge on any atom is -0.443 e. The summed E-state index contributed by atoms with van der Waals surface area (Å²) in [5, 5.41) is 4.00. The lowest BCUT2D eigenvalue weighted by molar-refractivity contribution is 0.0528. The lowest BCUT2D eigenvalue weighted by Crippen LogP contribution is -2.38. The van der Waals surface area contributed by atoms with Crippen molar-refractivity contribution in [1.29, 1.82) is 0 Å². The van der Waals surface area contributed by atoms with Gasteiger partial charge in [0.15, 0.2) is 0 Å². The van der Waals surface area contributed by atoms with Crippen LogP contribution < -0.4 is 0 Å². The minimum atomic E-state index is -0.331. The molecule has 4 aromatic rings. The number of amides is 1. The first-order chi connectivity index (χ1) is 15.7. The molecule has 5 rings (SSSR count). The average molecular weight is 431 g/mol. The summed E-state index contributed by atoms with van der Waals surface area (Å²) in [6, 6.07) is 17.3. The fraction of sp³-hybridized carbons (Fsp3) is 0.240. The van der Waals surface area contributed by atoms with Gasteiger partial charge in [-0.3, -0.25) is 4.79 Å². The van der Waals surface area contributed by atoms with Gasteiger partial charge in [-0.1, -0.05) is 35.5 Å². The standard InChI is InChI=1S/C25H22FN3O3/c26-19-11-9-18(10-12-19)21-15-23(32-28-21)25(30)29-13-5-4-8-22(29)24-27-16-20(31-24)14-17-6-2-1-3-7-17/h1-3,6-7,9-12,15-16,22H,4-5,8,13-14H2. The van der Waals surface area contributed by atoms with Crippen LogP contribution in [-0.2, 0) is 6.42 Å². The van der Waals surface area contributed by atoms with Crippen LogP contribution in [0.3, 0.4) is 0 Å². The molecular formula is C25H22FN3O3. The zero-order valence-electron chi connectivity index (χ0n) is 17.4. The van der Waals surface area contributed by atoms with Crippen molar-refractivity contribution in [1.82, 2.24) is 15.0 Å². The molecule has 1 aliphatic rings. The summed E-state index contributed by atoms with van der Waals surface area (Å²) in [4.78, 5) is 19.5. The molecule has 1 saturated heterocycles. The van der Waals surface area contributed by atoms with Crippen molar-refractivity contribution < 1.29 is 18.1 Å². The Kier molecular flexibility index (Phi) is 5.54. The van der Waals surface area contributed by atoms with Gasteiger partial charge in [0.25, 0.3) is 5.91 Å². The second kappa shape index (κ2) is 8.78. The summed E-state index contributed by atoms with van der Waals surface area (Å²) in [6.07, 6.45) is 5.05. The fourth-order valence-electron chi connectivity index (χ4n) is 4.06. The van der Waals surface area contributed by atoms with Crippen LogP contribution in [0.2, 0.25) is 0 Å².